The first-order valence-electron chi connectivity index (χ1n) is 9.16. The summed E-state index contributed by atoms with van der Waals surface area (Å²) in [5, 5.41) is 0. The number of primary amides is 1. The van der Waals surface area contributed by atoms with Gasteiger partial charge in [0.2, 0.25) is 0 Å². The number of ether oxygens (including phenoxy) is 1. The van der Waals surface area contributed by atoms with E-state index in [2.05, 4.69) is 16.4 Å². The number of aromatic nitrogens is 2. The van der Waals surface area contributed by atoms with Gasteiger partial charge in [0.1, 0.15) is 11.3 Å². The Morgan fingerprint density at radius 2 is 2.24 bits per heavy atom. The number of piperidine rings is 1. The van der Waals surface area contributed by atoms with Crippen LogP contribution in [0.2, 0.25) is 0 Å². The van der Waals surface area contributed by atoms with Gasteiger partial charge in [0.05, 0.1) is 17.7 Å². The van der Waals surface area contributed by atoms with Gasteiger partial charge in [-0.1, -0.05) is 13.0 Å². The number of rotatable bonds is 7. The third kappa shape index (κ3) is 3.70. The Kier molecular flexibility index (Phi) is 5.71. The first-order chi connectivity index (χ1) is 12.2. The fourth-order valence-electron chi connectivity index (χ4n) is 3.88. The van der Waals surface area contributed by atoms with Crippen molar-refractivity contribution in [2.75, 3.05) is 33.4 Å². The number of benzene rings is 1. The molecule has 0 bridgehead atoms. The number of likely N-dealkylation sites (tertiary alicyclic amines) is 1. The second kappa shape index (κ2) is 7.97. The smallest absolute Gasteiger partial charge is 0.250 e. The number of carbonyl (C=O) groups is 1. The molecule has 6 heteroatoms. The van der Waals surface area contributed by atoms with Crippen molar-refractivity contribution in [3.8, 4) is 0 Å². The number of hydrogen-bond donors (Lipinski definition) is 1. The van der Waals surface area contributed by atoms with E-state index in [1.165, 1.54) is 12.8 Å². The van der Waals surface area contributed by atoms with Crippen molar-refractivity contribution in [3.05, 3.63) is 29.6 Å². The average molecular weight is 344 g/mol. The number of methoxy groups -OCH3 is 1. The molecule has 1 unspecified atom stereocenters. The van der Waals surface area contributed by atoms with Gasteiger partial charge in [-0.25, -0.2) is 4.98 Å². The Labute approximate surface area is 149 Å². The van der Waals surface area contributed by atoms with Gasteiger partial charge in [0.15, 0.2) is 0 Å². The van der Waals surface area contributed by atoms with Gasteiger partial charge < -0.3 is 19.9 Å². The van der Waals surface area contributed by atoms with Crippen molar-refractivity contribution < 1.29 is 9.53 Å². The van der Waals surface area contributed by atoms with E-state index in [0.717, 1.165) is 43.9 Å². The fourth-order valence-corrected chi connectivity index (χ4v) is 3.88. The van der Waals surface area contributed by atoms with E-state index >= 15 is 0 Å². The Bertz CT molecular complexity index is 738. The van der Waals surface area contributed by atoms with Crippen LogP contribution in [0.25, 0.3) is 11.0 Å². The summed E-state index contributed by atoms with van der Waals surface area (Å²) in [7, 11) is 1.71. The normalized spacial score (nSPS) is 18.7. The lowest BCUT2D eigenvalue weighted by atomic mass is 9.97. The zero-order valence-corrected chi connectivity index (χ0v) is 15.2. The van der Waals surface area contributed by atoms with Crippen LogP contribution in [-0.4, -0.2) is 53.7 Å². The molecule has 1 saturated heterocycles. The maximum Gasteiger partial charge on any atom is 0.250 e. The number of fused-ring (bicyclic) bond motifs is 1. The van der Waals surface area contributed by atoms with Gasteiger partial charge in [-0.15, -0.1) is 0 Å². The summed E-state index contributed by atoms with van der Waals surface area (Å²) in [4.78, 5) is 19.2. The highest BCUT2D eigenvalue weighted by Crippen LogP contribution is 2.30. The summed E-state index contributed by atoms with van der Waals surface area (Å²) in [6.45, 7) is 6.88. The third-order valence-electron chi connectivity index (χ3n) is 5.00. The molecule has 1 atom stereocenters. The van der Waals surface area contributed by atoms with Gasteiger partial charge in [-0.2, -0.15) is 0 Å². The van der Waals surface area contributed by atoms with Crippen LogP contribution in [0.15, 0.2) is 18.2 Å². The monoisotopic (exact) mass is 344 g/mol. The molecule has 3 rings (SSSR count). The SMILES string of the molecule is CCCN1CCCC(c2nc3c(C(N)=O)cccc3n2CCOC)C1. The molecule has 1 fully saturated rings. The van der Waals surface area contributed by atoms with Crippen LogP contribution < -0.4 is 5.73 Å². The molecule has 0 radical (unpaired) electrons. The standard InChI is InChI=1S/C19H28N4O2/c1-3-9-22-10-5-6-14(13-22)19-21-17-15(18(20)24)7-4-8-16(17)23(19)11-12-25-2/h4,7-8,14H,3,5-6,9-13H2,1-2H3,(H2,20,24). The molecule has 1 amide bonds. The summed E-state index contributed by atoms with van der Waals surface area (Å²) >= 11 is 0. The van der Waals surface area contributed by atoms with E-state index in [1.54, 1.807) is 13.2 Å². The van der Waals surface area contributed by atoms with Gasteiger partial charge in [0.25, 0.3) is 5.91 Å². The lowest BCUT2D eigenvalue weighted by Crippen LogP contribution is -2.35. The zero-order valence-electron chi connectivity index (χ0n) is 15.2. The molecule has 6 nitrogen and oxygen atoms in total. The Balaban J connectivity index is 2.03. The highest BCUT2D eigenvalue weighted by atomic mass is 16.5. The Hall–Kier alpha value is -1.92. The number of para-hydroxylation sites is 1. The van der Waals surface area contributed by atoms with Crippen LogP contribution in [0.3, 0.4) is 0 Å². The molecule has 2 heterocycles. The van der Waals surface area contributed by atoms with E-state index in [-0.39, 0.29) is 0 Å². The summed E-state index contributed by atoms with van der Waals surface area (Å²) < 4.78 is 7.51. The molecule has 0 aliphatic carbocycles. The molecular formula is C19H28N4O2. The first-order valence-corrected chi connectivity index (χ1v) is 9.16. The predicted molar refractivity (Wildman–Crippen MR) is 98.8 cm³/mol. The lowest BCUT2D eigenvalue weighted by Gasteiger charge is -2.32. The Morgan fingerprint density at radius 3 is 2.96 bits per heavy atom. The van der Waals surface area contributed by atoms with E-state index in [1.807, 2.05) is 12.1 Å². The van der Waals surface area contributed by atoms with Crippen LogP contribution in [0.1, 0.15) is 48.3 Å². The second-order valence-corrected chi connectivity index (χ2v) is 6.79. The minimum absolute atomic E-state index is 0.380. The molecule has 25 heavy (non-hydrogen) atoms. The van der Waals surface area contributed by atoms with Gasteiger partial charge in [0, 0.05) is 26.1 Å². The third-order valence-corrected chi connectivity index (χ3v) is 5.00. The van der Waals surface area contributed by atoms with Crippen molar-refractivity contribution in [1.82, 2.24) is 14.5 Å². The highest BCUT2D eigenvalue weighted by Gasteiger charge is 2.26. The minimum Gasteiger partial charge on any atom is -0.383 e. The van der Waals surface area contributed by atoms with Crippen molar-refractivity contribution in [2.45, 2.75) is 38.6 Å². The molecule has 1 aromatic carbocycles. The van der Waals surface area contributed by atoms with Gasteiger partial charge in [-0.3, -0.25) is 4.79 Å². The van der Waals surface area contributed by atoms with Crippen LogP contribution >= 0.6 is 0 Å². The van der Waals surface area contributed by atoms with E-state index in [9.17, 15) is 4.79 Å². The molecule has 1 aliphatic heterocycles. The van der Waals surface area contributed by atoms with Crippen molar-refractivity contribution in [2.24, 2.45) is 5.73 Å². The number of nitrogens with zero attached hydrogens (tertiary/aromatic N) is 3. The molecule has 0 spiro atoms. The molecule has 1 aromatic heterocycles. The molecule has 1 aliphatic rings. The molecular weight excluding hydrogens is 316 g/mol. The first kappa shape index (κ1) is 17.9. The zero-order chi connectivity index (χ0) is 17.8. The number of nitrogens with two attached hydrogens (primary N) is 1. The summed E-state index contributed by atoms with van der Waals surface area (Å²) in [6.07, 6.45) is 3.47. The lowest BCUT2D eigenvalue weighted by molar-refractivity contribution is 0.100. The largest absolute Gasteiger partial charge is 0.383 e. The predicted octanol–water partition coefficient (Wildman–Crippen LogP) is 2.37. The topological polar surface area (TPSA) is 73.4 Å². The van der Waals surface area contributed by atoms with E-state index in [0.29, 0.717) is 23.6 Å². The molecule has 2 N–H and O–H groups in total. The number of hydrogen-bond acceptors (Lipinski definition) is 4. The summed E-state index contributed by atoms with van der Waals surface area (Å²) in [6, 6.07) is 5.65. The van der Waals surface area contributed by atoms with E-state index < -0.39 is 5.91 Å². The van der Waals surface area contributed by atoms with Crippen LogP contribution in [0.4, 0.5) is 0 Å². The van der Waals surface area contributed by atoms with Crippen molar-refractivity contribution in [1.29, 1.82) is 0 Å². The van der Waals surface area contributed by atoms with Crippen LogP contribution in [-0.2, 0) is 11.3 Å². The van der Waals surface area contributed by atoms with Gasteiger partial charge in [-0.05, 0) is 44.5 Å². The second-order valence-electron chi connectivity index (χ2n) is 6.79. The average Bonchev–Trinajstić information content (AvgIpc) is 2.99. The summed E-state index contributed by atoms with van der Waals surface area (Å²) in [5.74, 6) is 1.01. The molecule has 0 saturated carbocycles. The molecule has 136 valence electrons. The number of imidazole rings is 1. The number of amides is 1. The maximum absolute atomic E-state index is 11.8. The molecule has 2 aromatic rings. The highest BCUT2D eigenvalue weighted by molar-refractivity contribution is 6.04. The number of carbonyl (C=O) groups excluding carboxylic acids is 1. The Morgan fingerprint density at radius 1 is 1.40 bits per heavy atom. The van der Waals surface area contributed by atoms with Crippen LogP contribution in [0.5, 0.6) is 0 Å². The van der Waals surface area contributed by atoms with Gasteiger partial charge >= 0.3 is 0 Å². The fraction of sp³-hybridized carbons (Fsp3) is 0.579. The van der Waals surface area contributed by atoms with Crippen molar-refractivity contribution in [3.63, 3.8) is 0 Å². The van der Waals surface area contributed by atoms with Crippen molar-refractivity contribution >= 4 is 16.9 Å². The van der Waals surface area contributed by atoms with Crippen LogP contribution in [0, 0.1) is 0 Å². The minimum atomic E-state index is -0.426. The maximum atomic E-state index is 11.8. The van der Waals surface area contributed by atoms with E-state index in [4.69, 9.17) is 15.5 Å². The summed E-state index contributed by atoms with van der Waals surface area (Å²) in [5.41, 5.74) is 7.74. The quantitative estimate of drug-likeness (QED) is 0.837.